The second-order valence-electron chi connectivity index (χ2n) is 5.70. The summed E-state index contributed by atoms with van der Waals surface area (Å²) in [5.41, 5.74) is -1.16. The molecular weight excluding hydrogens is 288 g/mol. The van der Waals surface area contributed by atoms with E-state index in [9.17, 15) is 9.90 Å². The Morgan fingerprint density at radius 3 is 3.10 bits per heavy atom. The molecule has 0 bridgehead atoms. The van der Waals surface area contributed by atoms with Crippen molar-refractivity contribution in [2.24, 2.45) is 0 Å². The lowest BCUT2D eigenvalue weighted by Gasteiger charge is -2.42. The summed E-state index contributed by atoms with van der Waals surface area (Å²) in [5.74, 6) is 2.16. The average molecular weight is 310 g/mol. The van der Waals surface area contributed by atoms with Gasteiger partial charge in [-0.05, 0) is 18.7 Å². The van der Waals surface area contributed by atoms with Crippen molar-refractivity contribution < 1.29 is 9.90 Å². The predicted molar refractivity (Wildman–Crippen MR) is 82.0 cm³/mol. The van der Waals surface area contributed by atoms with E-state index in [1.54, 1.807) is 18.0 Å². The van der Waals surface area contributed by atoms with E-state index in [2.05, 4.69) is 21.8 Å². The SMILES string of the molecule is CCN1CCN(C(=O)[C@@]2(O)CCSC2)C[C@@H]1c1ncc[nH]1. The third kappa shape index (κ3) is 2.82. The van der Waals surface area contributed by atoms with Crippen LogP contribution in [0.25, 0.3) is 0 Å². The number of hydrogen-bond acceptors (Lipinski definition) is 5. The zero-order chi connectivity index (χ0) is 14.9. The lowest BCUT2D eigenvalue weighted by Crippen LogP contribution is -2.56. The summed E-state index contributed by atoms with van der Waals surface area (Å²) < 4.78 is 0. The molecule has 2 atom stereocenters. The summed E-state index contributed by atoms with van der Waals surface area (Å²) in [6.45, 7) is 5.13. The van der Waals surface area contributed by atoms with E-state index < -0.39 is 5.60 Å². The van der Waals surface area contributed by atoms with Gasteiger partial charge in [-0.15, -0.1) is 0 Å². The van der Waals surface area contributed by atoms with Crippen molar-refractivity contribution in [3.63, 3.8) is 0 Å². The molecule has 2 N–H and O–H groups in total. The number of thioether (sulfide) groups is 1. The molecule has 1 aromatic heterocycles. The largest absolute Gasteiger partial charge is 0.379 e. The van der Waals surface area contributed by atoms with E-state index in [-0.39, 0.29) is 11.9 Å². The molecule has 2 saturated heterocycles. The fourth-order valence-corrected chi connectivity index (χ4v) is 4.35. The molecule has 0 spiro atoms. The molecule has 3 heterocycles. The van der Waals surface area contributed by atoms with Gasteiger partial charge in [0.1, 0.15) is 5.82 Å². The summed E-state index contributed by atoms with van der Waals surface area (Å²) in [5, 5.41) is 10.5. The van der Waals surface area contributed by atoms with Gasteiger partial charge in [-0.25, -0.2) is 4.98 Å². The summed E-state index contributed by atoms with van der Waals surface area (Å²) in [4.78, 5) is 24.3. The minimum Gasteiger partial charge on any atom is -0.379 e. The van der Waals surface area contributed by atoms with Gasteiger partial charge in [0.2, 0.25) is 0 Å². The number of amides is 1. The number of H-pyrrole nitrogens is 1. The Morgan fingerprint density at radius 2 is 2.48 bits per heavy atom. The number of likely N-dealkylation sites (N-methyl/N-ethyl adjacent to an activating group) is 1. The molecule has 21 heavy (non-hydrogen) atoms. The maximum absolute atomic E-state index is 12.6. The van der Waals surface area contributed by atoms with Gasteiger partial charge in [0.25, 0.3) is 5.91 Å². The topological polar surface area (TPSA) is 72.5 Å². The summed E-state index contributed by atoms with van der Waals surface area (Å²) in [6, 6.07) is 0.0837. The standard InChI is InChI=1S/C14H22N4O2S/c1-2-17-6-7-18(9-11(17)12-15-4-5-16-12)13(19)14(20)3-8-21-10-14/h4-5,11,20H,2-3,6-10H2,1H3,(H,15,16)/t11-,14-/m1/s1. The number of hydrogen-bond donors (Lipinski definition) is 2. The van der Waals surface area contributed by atoms with Crippen molar-refractivity contribution >= 4 is 17.7 Å². The van der Waals surface area contributed by atoms with Crippen molar-refractivity contribution in [1.29, 1.82) is 0 Å². The highest BCUT2D eigenvalue weighted by Gasteiger charge is 2.44. The molecule has 1 amide bonds. The van der Waals surface area contributed by atoms with Crippen molar-refractivity contribution in [2.75, 3.05) is 37.7 Å². The van der Waals surface area contributed by atoms with Gasteiger partial charge in [0.05, 0.1) is 6.04 Å². The minimum absolute atomic E-state index is 0.0837. The van der Waals surface area contributed by atoms with Gasteiger partial charge in [-0.1, -0.05) is 6.92 Å². The van der Waals surface area contributed by atoms with Gasteiger partial charge in [0, 0.05) is 37.8 Å². The number of aromatic nitrogens is 2. The van der Waals surface area contributed by atoms with Crippen LogP contribution in [-0.2, 0) is 4.79 Å². The van der Waals surface area contributed by atoms with Gasteiger partial charge in [-0.3, -0.25) is 9.69 Å². The lowest BCUT2D eigenvalue weighted by atomic mass is 10.00. The normalized spacial score (nSPS) is 30.8. The summed E-state index contributed by atoms with van der Waals surface area (Å²) in [6.07, 6.45) is 4.12. The summed E-state index contributed by atoms with van der Waals surface area (Å²) in [7, 11) is 0. The Labute approximate surface area is 128 Å². The van der Waals surface area contributed by atoms with E-state index in [4.69, 9.17) is 0 Å². The van der Waals surface area contributed by atoms with Crippen LogP contribution >= 0.6 is 11.8 Å². The first-order valence-corrected chi connectivity index (χ1v) is 8.62. The van der Waals surface area contributed by atoms with Crippen LogP contribution in [0.1, 0.15) is 25.2 Å². The molecule has 7 heteroatoms. The smallest absolute Gasteiger partial charge is 0.255 e. The molecular formula is C14H22N4O2S. The number of aromatic amines is 1. The molecule has 0 radical (unpaired) electrons. The zero-order valence-electron chi connectivity index (χ0n) is 12.3. The highest BCUT2D eigenvalue weighted by Crippen LogP contribution is 2.31. The number of rotatable bonds is 3. The van der Waals surface area contributed by atoms with Crippen molar-refractivity contribution in [1.82, 2.24) is 19.8 Å². The van der Waals surface area contributed by atoms with E-state index in [1.165, 1.54) is 0 Å². The van der Waals surface area contributed by atoms with E-state index in [0.717, 1.165) is 24.7 Å². The third-order valence-corrected chi connectivity index (χ3v) is 5.59. The molecule has 3 rings (SSSR count). The van der Waals surface area contributed by atoms with Gasteiger partial charge < -0.3 is 15.0 Å². The number of piperazine rings is 1. The van der Waals surface area contributed by atoms with Crippen molar-refractivity contribution in [3.05, 3.63) is 18.2 Å². The Hall–Kier alpha value is -1.05. The van der Waals surface area contributed by atoms with Crippen LogP contribution in [0.4, 0.5) is 0 Å². The van der Waals surface area contributed by atoms with Crippen molar-refractivity contribution in [3.8, 4) is 0 Å². The third-order valence-electron chi connectivity index (χ3n) is 4.42. The van der Waals surface area contributed by atoms with Crippen LogP contribution in [0.3, 0.4) is 0 Å². The van der Waals surface area contributed by atoms with E-state index in [1.807, 2.05) is 11.1 Å². The van der Waals surface area contributed by atoms with Gasteiger partial charge >= 0.3 is 0 Å². The first-order chi connectivity index (χ1) is 10.1. The molecule has 0 aliphatic carbocycles. The Kier molecular flexibility index (Phi) is 4.24. The fraction of sp³-hybridized carbons (Fsp3) is 0.714. The van der Waals surface area contributed by atoms with Crippen molar-refractivity contribution in [2.45, 2.75) is 25.0 Å². The predicted octanol–water partition coefficient (Wildman–Crippen LogP) is 0.483. The molecule has 6 nitrogen and oxygen atoms in total. The maximum atomic E-state index is 12.6. The van der Waals surface area contributed by atoms with Crippen LogP contribution in [0.15, 0.2) is 12.4 Å². The van der Waals surface area contributed by atoms with E-state index >= 15 is 0 Å². The minimum atomic E-state index is -1.16. The zero-order valence-corrected chi connectivity index (χ0v) is 13.1. The monoisotopic (exact) mass is 310 g/mol. The Bertz CT molecular complexity index is 487. The second kappa shape index (κ2) is 5.98. The van der Waals surface area contributed by atoms with Gasteiger partial charge in [0.15, 0.2) is 5.60 Å². The van der Waals surface area contributed by atoms with Crippen LogP contribution in [0, 0.1) is 0 Å². The van der Waals surface area contributed by atoms with E-state index in [0.29, 0.717) is 25.3 Å². The van der Waals surface area contributed by atoms with Crippen LogP contribution in [0.5, 0.6) is 0 Å². The summed E-state index contributed by atoms with van der Waals surface area (Å²) >= 11 is 1.65. The highest BCUT2D eigenvalue weighted by atomic mass is 32.2. The number of aliphatic hydroxyl groups is 1. The quantitative estimate of drug-likeness (QED) is 0.850. The second-order valence-corrected chi connectivity index (χ2v) is 6.81. The molecule has 2 aliphatic heterocycles. The van der Waals surface area contributed by atoms with Crippen LogP contribution < -0.4 is 0 Å². The molecule has 1 aromatic rings. The Balaban J connectivity index is 1.75. The first-order valence-electron chi connectivity index (χ1n) is 7.47. The molecule has 116 valence electrons. The van der Waals surface area contributed by atoms with Crippen LogP contribution in [-0.4, -0.2) is 74.1 Å². The molecule has 0 aromatic carbocycles. The average Bonchev–Trinajstić information content (AvgIpc) is 3.18. The first kappa shape index (κ1) is 14.9. The lowest BCUT2D eigenvalue weighted by molar-refractivity contribution is -0.152. The van der Waals surface area contributed by atoms with Crippen LogP contribution in [0.2, 0.25) is 0 Å². The number of nitrogens with one attached hydrogen (secondary N) is 1. The van der Waals surface area contributed by atoms with Gasteiger partial charge in [-0.2, -0.15) is 11.8 Å². The highest BCUT2D eigenvalue weighted by molar-refractivity contribution is 7.99. The number of carbonyl (C=O) groups excluding carboxylic acids is 1. The Morgan fingerprint density at radius 1 is 1.62 bits per heavy atom. The fourth-order valence-electron chi connectivity index (χ4n) is 3.12. The maximum Gasteiger partial charge on any atom is 0.255 e. The molecule has 2 aliphatic rings. The number of imidazole rings is 1. The number of nitrogens with zero attached hydrogens (tertiary/aromatic N) is 3. The molecule has 0 unspecified atom stereocenters. The molecule has 0 saturated carbocycles. The number of carbonyl (C=O) groups is 1. The molecule has 2 fully saturated rings.